The summed E-state index contributed by atoms with van der Waals surface area (Å²) < 4.78 is 5.49. The Morgan fingerprint density at radius 3 is 2.82 bits per heavy atom. The minimum atomic E-state index is 0.0984. The van der Waals surface area contributed by atoms with E-state index in [9.17, 15) is 4.79 Å². The predicted octanol–water partition coefficient (Wildman–Crippen LogP) is 3.52. The van der Waals surface area contributed by atoms with Gasteiger partial charge in [0.05, 0.1) is 12.5 Å². The molecule has 1 amide bonds. The van der Waals surface area contributed by atoms with E-state index in [2.05, 4.69) is 45.9 Å². The summed E-state index contributed by atoms with van der Waals surface area (Å²) in [6.45, 7) is 8.54. The molecule has 1 atom stereocenters. The third-order valence-electron chi connectivity index (χ3n) is 6.05. The van der Waals surface area contributed by atoms with Crippen molar-refractivity contribution in [1.82, 2.24) is 19.9 Å². The van der Waals surface area contributed by atoms with Crippen molar-refractivity contribution in [2.75, 3.05) is 26.2 Å². The lowest BCUT2D eigenvalue weighted by Gasteiger charge is -2.37. The van der Waals surface area contributed by atoms with Crippen LogP contribution in [0.5, 0.6) is 0 Å². The van der Waals surface area contributed by atoms with Gasteiger partial charge < -0.3 is 9.42 Å². The van der Waals surface area contributed by atoms with Gasteiger partial charge in [-0.1, -0.05) is 35.8 Å². The van der Waals surface area contributed by atoms with Gasteiger partial charge in [-0.25, -0.2) is 0 Å². The van der Waals surface area contributed by atoms with Crippen molar-refractivity contribution < 1.29 is 9.32 Å². The van der Waals surface area contributed by atoms with Crippen molar-refractivity contribution in [1.29, 1.82) is 0 Å². The van der Waals surface area contributed by atoms with Gasteiger partial charge in [-0.2, -0.15) is 4.98 Å². The van der Waals surface area contributed by atoms with Gasteiger partial charge in [0.15, 0.2) is 0 Å². The van der Waals surface area contributed by atoms with Crippen molar-refractivity contribution in [2.24, 2.45) is 11.8 Å². The predicted molar refractivity (Wildman–Crippen MR) is 107 cm³/mol. The third-order valence-corrected chi connectivity index (χ3v) is 6.05. The lowest BCUT2D eigenvalue weighted by Crippen LogP contribution is -2.46. The van der Waals surface area contributed by atoms with E-state index in [0.717, 1.165) is 63.3 Å². The zero-order valence-electron chi connectivity index (χ0n) is 16.9. The third kappa shape index (κ3) is 4.43. The summed E-state index contributed by atoms with van der Waals surface area (Å²) >= 11 is 0. The quantitative estimate of drug-likeness (QED) is 0.810. The van der Waals surface area contributed by atoms with Gasteiger partial charge in [-0.3, -0.25) is 9.69 Å². The Hall–Kier alpha value is -2.21. The summed E-state index contributed by atoms with van der Waals surface area (Å²) in [4.78, 5) is 21.9. The molecule has 6 heteroatoms. The molecule has 2 saturated heterocycles. The second-order valence-corrected chi connectivity index (χ2v) is 8.46. The first-order chi connectivity index (χ1) is 13.6. The average Bonchev–Trinajstić information content (AvgIpc) is 3.17. The average molecular weight is 383 g/mol. The van der Waals surface area contributed by atoms with Crippen LogP contribution in [-0.2, 0) is 11.3 Å². The highest BCUT2D eigenvalue weighted by Crippen LogP contribution is 2.24. The van der Waals surface area contributed by atoms with E-state index in [1.807, 2.05) is 12.1 Å². The molecule has 0 bridgehead atoms. The molecule has 0 aliphatic carbocycles. The minimum Gasteiger partial charge on any atom is -0.342 e. The van der Waals surface area contributed by atoms with Gasteiger partial charge in [-0.15, -0.1) is 0 Å². The van der Waals surface area contributed by atoms with E-state index < -0.39 is 0 Å². The van der Waals surface area contributed by atoms with Crippen LogP contribution in [0.15, 0.2) is 28.8 Å². The molecule has 0 N–H and O–H groups in total. The first-order valence-electron chi connectivity index (χ1n) is 10.5. The normalized spacial score (nSPS) is 21.8. The maximum Gasteiger partial charge on any atom is 0.241 e. The van der Waals surface area contributed by atoms with Crippen LogP contribution in [0, 0.1) is 18.8 Å². The molecule has 3 heterocycles. The number of nitrogens with zero attached hydrogens (tertiary/aromatic N) is 4. The number of amides is 1. The molecule has 0 spiro atoms. The number of aromatic nitrogens is 2. The second-order valence-electron chi connectivity index (χ2n) is 8.46. The van der Waals surface area contributed by atoms with Crippen molar-refractivity contribution in [2.45, 2.75) is 46.1 Å². The fraction of sp³-hybridized carbons (Fsp3) is 0.591. The standard InChI is InChI=1S/C22H30N4O2/c1-16-8-11-26(12-9-16)22(27)19-7-4-10-25(14-19)15-20-23-21(24-28-20)18-6-3-5-17(2)13-18/h3,5-6,13,16,19H,4,7-12,14-15H2,1-2H3. The van der Waals surface area contributed by atoms with Crippen LogP contribution in [0.4, 0.5) is 0 Å². The topological polar surface area (TPSA) is 62.5 Å². The summed E-state index contributed by atoms with van der Waals surface area (Å²) in [5.41, 5.74) is 2.15. The monoisotopic (exact) mass is 382 g/mol. The molecule has 28 heavy (non-hydrogen) atoms. The van der Waals surface area contributed by atoms with Gasteiger partial charge in [0.1, 0.15) is 0 Å². The van der Waals surface area contributed by atoms with E-state index in [4.69, 9.17) is 4.52 Å². The number of piperidine rings is 2. The number of carbonyl (C=O) groups excluding carboxylic acids is 1. The number of benzene rings is 1. The molecule has 6 nitrogen and oxygen atoms in total. The van der Waals surface area contributed by atoms with E-state index in [0.29, 0.717) is 24.2 Å². The van der Waals surface area contributed by atoms with Gasteiger partial charge >= 0.3 is 0 Å². The minimum absolute atomic E-state index is 0.0984. The van der Waals surface area contributed by atoms with Crippen LogP contribution >= 0.6 is 0 Å². The van der Waals surface area contributed by atoms with Gasteiger partial charge in [-0.05, 0) is 51.1 Å². The number of hydrogen-bond acceptors (Lipinski definition) is 5. The molecule has 1 unspecified atom stereocenters. The first-order valence-corrected chi connectivity index (χ1v) is 10.5. The van der Waals surface area contributed by atoms with E-state index in [1.54, 1.807) is 0 Å². The summed E-state index contributed by atoms with van der Waals surface area (Å²) in [5, 5.41) is 4.14. The van der Waals surface area contributed by atoms with Crippen LogP contribution < -0.4 is 0 Å². The van der Waals surface area contributed by atoms with Crippen LogP contribution in [0.3, 0.4) is 0 Å². The summed E-state index contributed by atoms with van der Waals surface area (Å²) in [6, 6.07) is 8.11. The maximum atomic E-state index is 12.9. The highest BCUT2D eigenvalue weighted by molar-refractivity contribution is 5.79. The molecule has 2 aliphatic rings. The van der Waals surface area contributed by atoms with Gasteiger partial charge in [0, 0.05) is 25.2 Å². The van der Waals surface area contributed by atoms with E-state index in [1.165, 1.54) is 5.56 Å². The molecule has 2 aromatic rings. The maximum absolute atomic E-state index is 12.9. The Morgan fingerprint density at radius 1 is 1.21 bits per heavy atom. The highest BCUT2D eigenvalue weighted by Gasteiger charge is 2.31. The highest BCUT2D eigenvalue weighted by atomic mass is 16.5. The second kappa shape index (κ2) is 8.43. The van der Waals surface area contributed by atoms with Crippen LogP contribution in [0.1, 0.15) is 44.1 Å². The van der Waals surface area contributed by atoms with Crippen LogP contribution in [-0.4, -0.2) is 52.0 Å². The first kappa shape index (κ1) is 19.1. The number of aryl methyl sites for hydroxylation is 1. The fourth-order valence-electron chi connectivity index (χ4n) is 4.30. The molecule has 2 fully saturated rings. The van der Waals surface area contributed by atoms with Gasteiger partial charge in [0.25, 0.3) is 0 Å². The summed E-state index contributed by atoms with van der Waals surface area (Å²) in [6.07, 6.45) is 4.29. The fourth-order valence-corrected chi connectivity index (χ4v) is 4.30. The van der Waals surface area contributed by atoms with Crippen molar-refractivity contribution >= 4 is 5.91 Å². The van der Waals surface area contributed by atoms with E-state index in [-0.39, 0.29) is 5.92 Å². The number of hydrogen-bond donors (Lipinski definition) is 0. The Kier molecular flexibility index (Phi) is 5.76. The van der Waals surface area contributed by atoms with Crippen molar-refractivity contribution in [3.05, 3.63) is 35.7 Å². The molecule has 4 rings (SSSR count). The lowest BCUT2D eigenvalue weighted by atomic mass is 9.93. The van der Waals surface area contributed by atoms with Crippen LogP contribution in [0.2, 0.25) is 0 Å². The lowest BCUT2D eigenvalue weighted by molar-refractivity contribution is -0.138. The van der Waals surface area contributed by atoms with E-state index >= 15 is 0 Å². The molecule has 150 valence electrons. The zero-order valence-corrected chi connectivity index (χ0v) is 16.9. The Labute approximate surface area is 166 Å². The Balaban J connectivity index is 1.36. The number of carbonyl (C=O) groups is 1. The summed E-state index contributed by atoms with van der Waals surface area (Å²) in [7, 11) is 0. The summed E-state index contributed by atoms with van der Waals surface area (Å²) in [5.74, 6) is 2.43. The smallest absolute Gasteiger partial charge is 0.241 e. The molecular weight excluding hydrogens is 352 g/mol. The molecule has 0 saturated carbocycles. The molecular formula is C22H30N4O2. The molecule has 0 radical (unpaired) electrons. The van der Waals surface area contributed by atoms with Crippen LogP contribution in [0.25, 0.3) is 11.4 Å². The van der Waals surface area contributed by atoms with Crippen molar-refractivity contribution in [3.63, 3.8) is 0 Å². The van der Waals surface area contributed by atoms with Crippen molar-refractivity contribution in [3.8, 4) is 11.4 Å². The van der Waals surface area contributed by atoms with Gasteiger partial charge in [0.2, 0.25) is 17.6 Å². The molecule has 1 aromatic carbocycles. The molecule has 2 aliphatic heterocycles. The largest absolute Gasteiger partial charge is 0.342 e. The number of rotatable bonds is 4. The Bertz CT molecular complexity index is 810. The molecule has 1 aromatic heterocycles. The number of likely N-dealkylation sites (tertiary alicyclic amines) is 2. The SMILES string of the molecule is Cc1cccc(-c2noc(CN3CCCC(C(=O)N4CCC(C)CC4)C3)n2)c1. The zero-order chi connectivity index (χ0) is 19.5. The Morgan fingerprint density at radius 2 is 2.04 bits per heavy atom.